The fourth-order valence-corrected chi connectivity index (χ4v) is 4.49. The third-order valence-electron chi connectivity index (χ3n) is 5.44. The SMILES string of the molecule is CCCCCCCCCCCCCCCCCCSC(C)(C)C(=O)CC(=O)[O-]. The second-order valence-electron chi connectivity index (χ2n) is 8.63. The molecule has 0 rings (SSSR count). The summed E-state index contributed by atoms with van der Waals surface area (Å²) in [5, 5.41) is 10.5. The molecule has 0 fully saturated rings. The first-order valence-corrected chi connectivity index (χ1v) is 12.8. The molecule has 0 N–H and O–H groups in total. The number of unbranched alkanes of at least 4 members (excludes halogenated alkanes) is 15. The number of carbonyl (C=O) groups is 2. The fraction of sp³-hybridized carbons (Fsp3) is 0.917. The molecule has 4 heteroatoms. The van der Waals surface area contributed by atoms with Crippen molar-refractivity contribution in [2.45, 2.75) is 135 Å². The molecule has 28 heavy (non-hydrogen) atoms. The fourth-order valence-electron chi connectivity index (χ4n) is 3.40. The van der Waals surface area contributed by atoms with Crippen LogP contribution in [0.2, 0.25) is 0 Å². The van der Waals surface area contributed by atoms with Gasteiger partial charge in [-0.25, -0.2) is 0 Å². The van der Waals surface area contributed by atoms with Gasteiger partial charge in [0, 0.05) is 12.4 Å². The van der Waals surface area contributed by atoms with Crippen molar-refractivity contribution in [2.24, 2.45) is 0 Å². The first-order chi connectivity index (χ1) is 13.4. The van der Waals surface area contributed by atoms with E-state index in [0.29, 0.717) is 0 Å². The molecule has 0 aliphatic heterocycles. The van der Waals surface area contributed by atoms with Gasteiger partial charge in [-0.2, -0.15) is 0 Å². The maximum Gasteiger partial charge on any atom is 0.153 e. The van der Waals surface area contributed by atoms with Crippen molar-refractivity contribution in [3.05, 3.63) is 0 Å². The molecule has 0 heterocycles. The van der Waals surface area contributed by atoms with Crippen LogP contribution in [-0.2, 0) is 9.59 Å². The lowest BCUT2D eigenvalue weighted by Crippen LogP contribution is -2.35. The van der Waals surface area contributed by atoms with Crippen LogP contribution < -0.4 is 5.11 Å². The van der Waals surface area contributed by atoms with Gasteiger partial charge < -0.3 is 9.90 Å². The topological polar surface area (TPSA) is 57.2 Å². The van der Waals surface area contributed by atoms with Crippen LogP contribution in [0.25, 0.3) is 0 Å². The summed E-state index contributed by atoms with van der Waals surface area (Å²) in [6.45, 7) is 5.90. The van der Waals surface area contributed by atoms with Gasteiger partial charge >= 0.3 is 0 Å². The van der Waals surface area contributed by atoms with Gasteiger partial charge in [0.2, 0.25) is 0 Å². The molecule has 0 unspecified atom stereocenters. The molecule has 0 spiro atoms. The Bertz CT molecular complexity index is 393. The van der Waals surface area contributed by atoms with Crippen LogP contribution in [-0.4, -0.2) is 22.3 Å². The Morgan fingerprint density at radius 3 is 1.39 bits per heavy atom. The van der Waals surface area contributed by atoms with Crippen LogP contribution in [0.4, 0.5) is 0 Å². The molecule has 0 aromatic heterocycles. The van der Waals surface area contributed by atoms with E-state index in [9.17, 15) is 14.7 Å². The van der Waals surface area contributed by atoms with Crippen molar-refractivity contribution in [3.8, 4) is 0 Å². The number of hydrogen-bond acceptors (Lipinski definition) is 4. The van der Waals surface area contributed by atoms with Crippen LogP contribution in [0.5, 0.6) is 0 Å². The van der Waals surface area contributed by atoms with Crippen molar-refractivity contribution in [1.82, 2.24) is 0 Å². The quantitative estimate of drug-likeness (QED) is 0.160. The molecule has 0 aliphatic carbocycles. The number of carboxylic acid groups (broad SMARTS) is 1. The average Bonchev–Trinajstić information content (AvgIpc) is 2.63. The van der Waals surface area contributed by atoms with Crippen LogP contribution >= 0.6 is 11.8 Å². The standard InChI is InChI=1S/C24H46O3S/c1-4-5-6-7-8-9-10-11-12-13-14-15-16-17-18-19-20-28-24(2,3)22(25)21-23(26)27/h4-21H2,1-3H3,(H,26,27)/p-1. The van der Waals surface area contributed by atoms with Crippen LogP contribution in [0.15, 0.2) is 0 Å². The van der Waals surface area contributed by atoms with Crippen molar-refractivity contribution < 1.29 is 14.7 Å². The van der Waals surface area contributed by atoms with Crippen LogP contribution in [0, 0.1) is 0 Å². The highest BCUT2D eigenvalue weighted by Crippen LogP contribution is 2.28. The number of carbonyl (C=O) groups excluding carboxylic acids is 2. The van der Waals surface area contributed by atoms with Crippen LogP contribution in [0.3, 0.4) is 0 Å². The normalized spacial score (nSPS) is 11.7. The highest BCUT2D eigenvalue weighted by molar-refractivity contribution is 8.01. The van der Waals surface area contributed by atoms with E-state index in [0.717, 1.165) is 12.2 Å². The van der Waals surface area contributed by atoms with E-state index in [1.807, 2.05) is 13.8 Å². The lowest BCUT2D eigenvalue weighted by Gasteiger charge is -2.22. The summed E-state index contributed by atoms with van der Waals surface area (Å²) in [6.07, 6.45) is 21.2. The van der Waals surface area contributed by atoms with Gasteiger partial charge in [-0.1, -0.05) is 103 Å². The van der Waals surface area contributed by atoms with Crippen LogP contribution in [0.1, 0.15) is 130 Å². The summed E-state index contributed by atoms with van der Waals surface area (Å²) >= 11 is 1.57. The molecular formula is C24H45O3S-. The molecule has 0 saturated carbocycles. The summed E-state index contributed by atoms with van der Waals surface area (Å²) in [5.41, 5.74) is 0. The molecule has 0 aliphatic rings. The Morgan fingerprint density at radius 1 is 0.679 bits per heavy atom. The minimum absolute atomic E-state index is 0.242. The van der Waals surface area contributed by atoms with Gasteiger partial charge in [-0.05, 0) is 26.0 Å². The van der Waals surface area contributed by atoms with E-state index in [1.165, 1.54) is 96.3 Å². The molecule has 0 amide bonds. The third kappa shape index (κ3) is 17.6. The smallest absolute Gasteiger partial charge is 0.153 e. The Kier molecular flexibility index (Phi) is 18.2. The van der Waals surface area contributed by atoms with Gasteiger partial charge in [-0.15, -0.1) is 11.8 Å². The third-order valence-corrected chi connectivity index (χ3v) is 6.88. The van der Waals surface area contributed by atoms with Gasteiger partial charge in [0.15, 0.2) is 5.78 Å². The molecule has 166 valence electrons. The summed E-state index contributed by atoms with van der Waals surface area (Å²) < 4.78 is -0.615. The van der Waals surface area contributed by atoms with E-state index in [1.54, 1.807) is 11.8 Å². The molecule has 0 saturated heterocycles. The summed E-state index contributed by atoms with van der Waals surface area (Å²) in [6, 6.07) is 0. The summed E-state index contributed by atoms with van der Waals surface area (Å²) in [5.74, 6) is -0.598. The van der Waals surface area contributed by atoms with Crippen molar-refractivity contribution in [1.29, 1.82) is 0 Å². The van der Waals surface area contributed by atoms with E-state index in [4.69, 9.17) is 0 Å². The highest BCUT2D eigenvalue weighted by Gasteiger charge is 2.27. The first kappa shape index (κ1) is 27.5. The van der Waals surface area contributed by atoms with Gasteiger partial charge in [0.25, 0.3) is 0 Å². The van der Waals surface area contributed by atoms with E-state index in [2.05, 4.69) is 6.92 Å². The maximum atomic E-state index is 11.8. The lowest BCUT2D eigenvalue weighted by molar-refractivity contribution is -0.304. The molecular weight excluding hydrogens is 368 g/mol. The zero-order valence-corrected chi connectivity index (χ0v) is 19.7. The molecule has 0 atom stereocenters. The zero-order chi connectivity index (χ0) is 21.1. The summed E-state index contributed by atoms with van der Waals surface area (Å²) in [7, 11) is 0. The average molecular weight is 414 g/mol. The summed E-state index contributed by atoms with van der Waals surface area (Å²) in [4.78, 5) is 22.4. The lowest BCUT2D eigenvalue weighted by atomic mass is 10.0. The van der Waals surface area contributed by atoms with Gasteiger partial charge in [0.1, 0.15) is 0 Å². The molecule has 3 nitrogen and oxygen atoms in total. The van der Waals surface area contributed by atoms with Crippen molar-refractivity contribution in [2.75, 3.05) is 5.75 Å². The Labute approximate surface area is 178 Å². The largest absolute Gasteiger partial charge is 0.550 e. The number of rotatable bonds is 21. The number of carboxylic acids is 1. The van der Waals surface area contributed by atoms with E-state index < -0.39 is 17.1 Å². The van der Waals surface area contributed by atoms with Gasteiger partial charge in [-0.3, -0.25) is 4.79 Å². The molecule has 0 radical (unpaired) electrons. The van der Waals surface area contributed by atoms with E-state index in [-0.39, 0.29) is 5.78 Å². The molecule has 0 aromatic carbocycles. The van der Waals surface area contributed by atoms with Gasteiger partial charge in [0.05, 0.1) is 4.75 Å². The Morgan fingerprint density at radius 2 is 1.04 bits per heavy atom. The monoisotopic (exact) mass is 413 g/mol. The minimum Gasteiger partial charge on any atom is -0.550 e. The second-order valence-corrected chi connectivity index (χ2v) is 10.4. The highest BCUT2D eigenvalue weighted by atomic mass is 32.2. The van der Waals surface area contributed by atoms with E-state index >= 15 is 0 Å². The number of Topliss-reactive ketones (excluding diaryl/α,β-unsaturated/α-hetero) is 1. The maximum absolute atomic E-state index is 11.8. The Balaban J connectivity index is 3.31. The zero-order valence-electron chi connectivity index (χ0n) is 18.9. The predicted molar refractivity (Wildman–Crippen MR) is 121 cm³/mol. The van der Waals surface area contributed by atoms with Crippen molar-refractivity contribution >= 4 is 23.5 Å². The number of ketones is 1. The molecule has 0 aromatic rings. The Hall–Kier alpha value is -0.510. The minimum atomic E-state index is -1.28. The second kappa shape index (κ2) is 18.5. The van der Waals surface area contributed by atoms with Crippen molar-refractivity contribution in [3.63, 3.8) is 0 Å². The predicted octanol–water partition coefficient (Wildman–Crippen LogP) is 6.47. The number of hydrogen-bond donors (Lipinski definition) is 0. The number of thioether (sulfide) groups is 1. The number of aliphatic carboxylic acids is 1. The molecule has 0 bridgehead atoms. The first-order valence-electron chi connectivity index (χ1n) is 11.8.